The number of benzene rings is 1. The number of likely N-dealkylation sites (tertiary alicyclic amines) is 1. The maximum absolute atomic E-state index is 13.5. The molecule has 1 atom stereocenters. The van der Waals surface area contributed by atoms with Gasteiger partial charge >= 0.3 is 0 Å². The van der Waals surface area contributed by atoms with Gasteiger partial charge in [0.05, 0.1) is 12.4 Å². The third-order valence-corrected chi connectivity index (χ3v) is 6.78. The molecule has 0 radical (unpaired) electrons. The van der Waals surface area contributed by atoms with Gasteiger partial charge in [-0.1, -0.05) is 6.07 Å². The van der Waals surface area contributed by atoms with Crippen LogP contribution in [0, 0.1) is 10.6 Å². The minimum absolute atomic E-state index is 0.279. The molecule has 8 heteroatoms. The largest absolute Gasteiger partial charge is 0.276 e. The fourth-order valence-corrected chi connectivity index (χ4v) is 5.17. The van der Waals surface area contributed by atoms with E-state index in [1.165, 1.54) is 17.0 Å². The molecule has 0 bridgehead atoms. The SMILES string of the molecule is Fc1ccc(-n2c(-c3ccncc3)nn(CN3CCC[C@H]3c3cccs3)c2=S)cc1. The molecule has 4 aromatic rings. The second-order valence-corrected chi connectivity index (χ2v) is 8.63. The van der Waals surface area contributed by atoms with E-state index in [4.69, 9.17) is 17.3 Å². The van der Waals surface area contributed by atoms with Crippen molar-refractivity contribution in [1.82, 2.24) is 24.2 Å². The zero-order chi connectivity index (χ0) is 20.5. The molecule has 5 nitrogen and oxygen atoms in total. The van der Waals surface area contributed by atoms with Crippen LogP contribution in [0.5, 0.6) is 0 Å². The van der Waals surface area contributed by atoms with Crippen LogP contribution in [0.25, 0.3) is 17.1 Å². The van der Waals surface area contributed by atoms with Crippen molar-refractivity contribution in [2.75, 3.05) is 6.54 Å². The van der Waals surface area contributed by atoms with Gasteiger partial charge in [-0.3, -0.25) is 14.5 Å². The molecule has 30 heavy (non-hydrogen) atoms. The maximum atomic E-state index is 13.5. The van der Waals surface area contributed by atoms with Gasteiger partial charge in [-0.05, 0) is 72.9 Å². The Kier molecular flexibility index (Phi) is 5.28. The highest BCUT2D eigenvalue weighted by atomic mass is 32.1. The summed E-state index contributed by atoms with van der Waals surface area (Å²) in [6.45, 7) is 1.63. The molecule has 1 fully saturated rings. The first-order valence-electron chi connectivity index (χ1n) is 9.84. The highest BCUT2D eigenvalue weighted by molar-refractivity contribution is 7.71. The Labute approximate surface area is 183 Å². The fourth-order valence-electron chi connectivity index (χ4n) is 3.98. The average Bonchev–Trinajstić information content (AvgIpc) is 3.51. The monoisotopic (exact) mass is 437 g/mol. The van der Waals surface area contributed by atoms with Gasteiger partial charge in [-0.15, -0.1) is 16.4 Å². The van der Waals surface area contributed by atoms with Crippen molar-refractivity contribution in [3.63, 3.8) is 0 Å². The lowest BCUT2D eigenvalue weighted by Gasteiger charge is -2.23. The number of hydrogen-bond acceptors (Lipinski definition) is 5. The predicted octanol–water partition coefficient (Wildman–Crippen LogP) is 5.46. The number of aromatic nitrogens is 4. The van der Waals surface area contributed by atoms with Crippen LogP contribution in [-0.4, -0.2) is 30.8 Å². The van der Waals surface area contributed by atoms with Gasteiger partial charge in [0.25, 0.3) is 0 Å². The topological polar surface area (TPSA) is 38.9 Å². The van der Waals surface area contributed by atoms with Crippen LogP contribution in [0.1, 0.15) is 23.8 Å². The summed E-state index contributed by atoms with van der Waals surface area (Å²) < 4.78 is 17.9. The van der Waals surface area contributed by atoms with E-state index in [0.717, 1.165) is 36.5 Å². The Morgan fingerprint density at radius 2 is 1.90 bits per heavy atom. The van der Waals surface area contributed by atoms with Gasteiger partial charge in [0.2, 0.25) is 4.77 Å². The van der Waals surface area contributed by atoms with E-state index >= 15 is 0 Å². The minimum atomic E-state index is -0.279. The standard InChI is InChI=1S/C22H20FN5S2/c23-17-5-7-18(8-6-17)28-21(16-9-11-24-12-10-16)25-27(22(28)29)15-26-13-1-3-19(26)20-4-2-14-30-20/h2,4-12,14,19H,1,3,13,15H2/t19-/m0/s1. The summed E-state index contributed by atoms with van der Waals surface area (Å²) in [7, 11) is 0. The number of pyridine rings is 1. The van der Waals surface area contributed by atoms with Crippen LogP contribution in [0.15, 0.2) is 66.3 Å². The van der Waals surface area contributed by atoms with E-state index in [1.54, 1.807) is 35.9 Å². The molecule has 0 amide bonds. The van der Waals surface area contributed by atoms with E-state index in [-0.39, 0.29) is 5.82 Å². The first-order chi connectivity index (χ1) is 14.7. The zero-order valence-electron chi connectivity index (χ0n) is 16.2. The molecule has 1 aliphatic rings. The van der Waals surface area contributed by atoms with Crippen molar-refractivity contribution in [3.8, 4) is 17.1 Å². The van der Waals surface area contributed by atoms with Crippen molar-refractivity contribution in [2.24, 2.45) is 0 Å². The number of halogens is 1. The lowest BCUT2D eigenvalue weighted by Crippen LogP contribution is -2.26. The molecular formula is C22H20FN5S2. The first kappa shape index (κ1) is 19.3. The zero-order valence-corrected chi connectivity index (χ0v) is 17.8. The molecule has 0 N–H and O–H groups in total. The van der Waals surface area contributed by atoms with E-state index in [1.807, 2.05) is 21.4 Å². The summed E-state index contributed by atoms with van der Waals surface area (Å²) in [4.78, 5) is 7.92. The minimum Gasteiger partial charge on any atom is -0.276 e. The first-order valence-corrected chi connectivity index (χ1v) is 11.1. The average molecular weight is 438 g/mol. The second-order valence-electron chi connectivity index (χ2n) is 7.28. The van der Waals surface area contributed by atoms with Crippen molar-refractivity contribution >= 4 is 23.6 Å². The predicted molar refractivity (Wildman–Crippen MR) is 119 cm³/mol. The Hall–Kier alpha value is -2.68. The lowest BCUT2D eigenvalue weighted by molar-refractivity contribution is 0.192. The Morgan fingerprint density at radius 3 is 2.63 bits per heavy atom. The van der Waals surface area contributed by atoms with E-state index in [2.05, 4.69) is 27.4 Å². The molecule has 0 saturated carbocycles. The van der Waals surface area contributed by atoms with Crippen LogP contribution < -0.4 is 0 Å². The smallest absolute Gasteiger partial charge is 0.204 e. The van der Waals surface area contributed by atoms with Crippen LogP contribution >= 0.6 is 23.6 Å². The maximum Gasteiger partial charge on any atom is 0.204 e. The van der Waals surface area contributed by atoms with E-state index in [0.29, 0.717) is 17.5 Å². The van der Waals surface area contributed by atoms with Gasteiger partial charge < -0.3 is 0 Å². The molecule has 0 aliphatic carbocycles. The van der Waals surface area contributed by atoms with Gasteiger partial charge in [-0.2, -0.15) is 0 Å². The van der Waals surface area contributed by atoms with Crippen molar-refractivity contribution in [2.45, 2.75) is 25.6 Å². The van der Waals surface area contributed by atoms with Gasteiger partial charge in [0, 0.05) is 35.4 Å². The molecule has 5 rings (SSSR count). The summed E-state index contributed by atoms with van der Waals surface area (Å²) in [6, 6.07) is 14.9. The summed E-state index contributed by atoms with van der Waals surface area (Å²) in [5.41, 5.74) is 1.70. The lowest BCUT2D eigenvalue weighted by atomic mass is 10.2. The van der Waals surface area contributed by atoms with Crippen LogP contribution in [0.2, 0.25) is 0 Å². The number of nitrogens with zero attached hydrogens (tertiary/aromatic N) is 5. The van der Waals surface area contributed by atoms with E-state index in [9.17, 15) is 4.39 Å². The Bertz CT molecular complexity index is 1180. The summed E-state index contributed by atoms with van der Waals surface area (Å²) in [6.07, 6.45) is 5.77. The van der Waals surface area contributed by atoms with Gasteiger partial charge in [0.15, 0.2) is 5.82 Å². The fraction of sp³-hybridized carbons (Fsp3) is 0.227. The molecular weight excluding hydrogens is 417 g/mol. The number of hydrogen-bond donors (Lipinski definition) is 0. The van der Waals surface area contributed by atoms with Crippen LogP contribution in [0.4, 0.5) is 4.39 Å². The number of thiophene rings is 1. The third-order valence-electron chi connectivity index (χ3n) is 5.41. The molecule has 1 saturated heterocycles. The molecule has 152 valence electrons. The highest BCUT2D eigenvalue weighted by Gasteiger charge is 2.28. The quantitative estimate of drug-likeness (QED) is 0.389. The normalized spacial score (nSPS) is 16.9. The molecule has 3 aromatic heterocycles. The molecule has 0 spiro atoms. The number of rotatable bonds is 5. The summed E-state index contributed by atoms with van der Waals surface area (Å²) in [5.74, 6) is 0.444. The molecule has 1 aromatic carbocycles. The van der Waals surface area contributed by atoms with Gasteiger partial charge in [0.1, 0.15) is 5.82 Å². The third kappa shape index (κ3) is 3.62. The summed E-state index contributed by atoms with van der Waals surface area (Å²) in [5, 5.41) is 7.00. The van der Waals surface area contributed by atoms with Crippen LogP contribution in [0.3, 0.4) is 0 Å². The van der Waals surface area contributed by atoms with Crippen molar-refractivity contribution < 1.29 is 4.39 Å². The van der Waals surface area contributed by atoms with Crippen molar-refractivity contribution in [1.29, 1.82) is 0 Å². The van der Waals surface area contributed by atoms with E-state index < -0.39 is 0 Å². The Morgan fingerprint density at radius 1 is 1.10 bits per heavy atom. The second kappa shape index (κ2) is 8.22. The van der Waals surface area contributed by atoms with Crippen LogP contribution in [-0.2, 0) is 6.67 Å². The summed E-state index contributed by atoms with van der Waals surface area (Å²) >= 11 is 7.63. The molecule has 1 aliphatic heterocycles. The highest BCUT2D eigenvalue weighted by Crippen LogP contribution is 2.35. The Balaban J connectivity index is 1.56. The molecule has 0 unspecified atom stereocenters. The van der Waals surface area contributed by atoms with Crippen molar-refractivity contribution in [3.05, 3.63) is 81.8 Å². The molecule has 4 heterocycles. The van der Waals surface area contributed by atoms with Gasteiger partial charge in [-0.25, -0.2) is 9.07 Å².